The minimum atomic E-state index is -0.914. The van der Waals surface area contributed by atoms with E-state index in [0.29, 0.717) is 23.7 Å². The van der Waals surface area contributed by atoms with Crippen LogP contribution in [0.25, 0.3) is 11.1 Å². The first kappa shape index (κ1) is 14.6. The molecule has 0 aliphatic rings. The number of hydrogen-bond acceptors (Lipinski definition) is 1. The minimum Gasteiger partial charge on any atom is -0.317 e. The van der Waals surface area contributed by atoms with Crippen LogP contribution in [0.5, 0.6) is 0 Å². The largest absolute Gasteiger partial charge is 0.317 e. The molecule has 1 unspecified atom stereocenters. The van der Waals surface area contributed by atoms with E-state index in [1.807, 2.05) is 26.1 Å². The highest BCUT2D eigenvalue weighted by Crippen LogP contribution is 2.27. The van der Waals surface area contributed by atoms with E-state index in [2.05, 4.69) is 5.32 Å². The van der Waals surface area contributed by atoms with E-state index in [1.165, 1.54) is 0 Å². The monoisotopic (exact) mass is 279 g/mol. The number of benzene rings is 2. The van der Waals surface area contributed by atoms with Crippen LogP contribution in [0.3, 0.4) is 0 Å². The molecule has 0 fully saturated rings. The lowest BCUT2D eigenvalue weighted by Gasteiger charge is -2.11. The Morgan fingerprint density at radius 1 is 1.00 bits per heavy atom. The van der Waals surface area contributed by atoms with Gasteiger partial charge < -0.3 is 5.32 Å². The van der Waals surface area contributed by atoms with Crippen LogP contribution >= 0.6 is 0 Å². The molecule has 106 valence electrons. The smallest absolute Gasteiger partial charge is 0.136 e. The summed E-state index contributed by atoms with van der Waals surface area (Å²) in [6, 6.07) is 8.65. The van der Waals surface area contributed by atoms with Crippen LogP contribution in [0.15, 0.2) is 36.4 Å². The van der Waals surface area contributed by atoms with Crippen molar-refractivity contribution in [1.29, 1.82) is 0 Å². The number of nitrogens with one attached hydrogen (secondary N) is 1. The van der Waals surface area contributed by atoms with Gasteiger partial charge in [0, 0.05) is 18.2 Å². The molecule has 0 radical (unpaired) electrons. The Hall–Kier alpha value is -1.81. The molecule has 0 amide bonds. The normalized spacial score (nSPS) is 12.4. The number of halogens is 3. The first-order valence-electron chi connectivity index (χ1n) is 6.42. The van der Waals surface area contributed by atoms with E-state index >= 15 is 0 Å². The van der Waals surface area contributed by atoms with Gasteiger partial charge in [-0.05, 0) is 31.5 Å². The Morgan fingerprint density at radius 2 is 1.55 bits per heavy atom. The lowest BCUT2D eigenvalue weighted by Crippen LogP contribution is -2.23. The molecule has 0 saturated carbocycles. The third kappa shape index (κ3) is 3.20. The van der Waals surface area contributed by atoms with Gasteiger partial charge in [-0.15, -0.1) is 0 Å². The summed E-state index contributed by atoms with van der Waals surface area (Å²) in [6.07, 6.45) is 0.825. The van der Waals surface area contributed by atoms with Gasteiger partial charge in [0.05, 0.1) is 5.56 Å². The molecular formula is C16H16F3N. The fourth-order valence-electron chi connectivity index (χ4n) is 2.08. The van der Waals surface area contributed by atoms with E-state index in [4.69, 9.17) is 0 Å². The minimum absolute atomic E-state index is 0.195. The Labute approximate surface area is 116 Å². The topological polar surface area (TPSA) is 12.0 Å². The van der Waals surface area contributed by atoms with Crippen LogP contribution in [0, 0.1) is 17.5 Å². The summed E-state index contributed by atoms with van der Waals surface area (Å²) in [5.41, 5.74) is 1.28. The first-order valence-corrected chi connectivity index (χ1v) is 6.42. The van der Waals surface area contributed by atoms with Crippen molar-refractivity contribution in [1.82, 2.24) is 5.32 Å². The third-order valence-corrected chi connectivity index (χ3v) is 3.28. The molecule has 2 rings (SSSR count). The summed E-state index contributed by atoms with van der Waals surface area (Å²) in [6.45, 7) is 2.05. The Balaban J connectivity index is 2.31. The summed E-state index contributed by atoms with van der Waals surface area (Å²) in [4.78, 5) is 0. The van der Waals surface area contributed by atoms with E-state index < -0.39 is 17.5 Å². The van der Waals surface area contributed by atoms with Gasteiger partial charge >= 0.3 is 0 Å². The molecular weight excluding hydrogens is 263 g/mol. The fourth-order valence-corrected chi connectivity index (χ4v) is 2.08. The van der Waals surface area contributed by atoms with Gasteiger partial charge in [0.25, 0.3) is 0 Å². The van der Waals surface area contributed by atoms with Crippen LogP contribution in [0.2, 0.25) is 0 Å². The van der Waals surface area contributed by atoms with E-state index in [9.17, 15) is 13.2 Å². The third-order valence-electron chi connectivity index (χ3n) is 3.28. The van der Waals surface area contributed by atoms with Crippen molar-refractivity contribution in [3.63, 3.8) is 0 Å². The summed E-state index contributed by atoms with van der Waals surface area (Å²) >= 11 is 0. The molecule has 0 spiro atoms. The molecule has 1 atom stereocenters. The molecule has 1 N–H and O–H groups in total. The molecule has 1 nitrogen and oxygen atoms in total. The standard InChI is InChI=1S/C16H16F3N/c1-10(20-2)7-11-3-5-12(6-4-11)16-14(18)8-13(17)9-15(16)19/h3-6,8-10,20H,7H2,1-2H3. The highest BCUT2D eigenvalue weighted by Gasteiger charge is 2.13. The van der Waals surface area contributed by atoms with Gasteiger partial charge in [-0.1, -0.05) is 24.3 Å². The average molecular weight is 279 g/mol. The molecule has 0 aliphatic heterocycles. The predicted molar refractivity (Wildman–Crippen MR) is 74.0 cm³/mol. The second kappa shape index (κ2) is 6.09. The van der Waals surface area contributed by atoms with Gasteiger partial charge in [-0.2, -0.15) is 0 Å². The molecule has 20 heavy (non-hydrogen) atoms. The van der Waals surface area contributed by atoms with Crippen molar-refractivity contribution >= 4 is 0 Å². The van der Waals surface area contributed by atoms with Gasteiger partial charge in [0.1, 0.15) is 17.5 Å². The molecule has 0 heterocycles. The summed E-state index contributed by atoms with van der Waals surface area (Å²) in [5.74, 6) is -2.69. The van der Waals surface area contributed by atoms with E-state index in [-0.39, 0.29) is 5.56 Å². The number of likely N-dealkylation sites (N-methyl/N-ethyl adjacent to an activating group) is 1. The highest BCUT2D eigenvalue weighted by molar-refractivity contribution is 5.65. The van der Waals surface area contributed by atoms with Gasteiger partial charge in [0.15, 0.2) is 0 Å². The quantitative estimate of drug-likeness (QED) is 0.894. The molecule has 0 bridgehead atoms. The van der Waals surface area contributed by atoms with Crippen LogP contribution < -0.4 is 5.32 Å². The molecule has 2 aromatic rings. The number of rotatable bonds is 4. The molecule has 0 aliphatic carbocycles. The van der Waals surface area contributed by atoms with Crippen molar-refractivity contribution in [2.24, 2.45) is 0 Å². The SMILES string of the molecule is CNC(C)Cc1ccc(-c2c(F)cc(F)cc2F)cc1. The van der Waals surface area contributed by atoms with E-state index in [0.717, 1.165) is 12.0 Å². The second-order valence-electron chi connectivity index (χ2n) is 4.84. The molecule has 4 heteroatoms. The van der Waals surface area contributed by atoms with Crippen LogP contribution in [0.4, 0.5) is 13.2 Å². The summed E-state index contributed by atoms with van der Waals surface area (Å²) < 4.78 is 40.2. The second-order valence-corrected chi connectivity index (χ2v) is 4.84. The Bertz CT molecular complexity index is 570. The molecule has 2 aromatic carbocycles. The van der Waals surface area contributed by atoms with Crippen molar-refractivity contribution in [2.45, 2.75) is 19.4 Å². The van der Waals surface area contributed by atoms with Crippen molar-refractivity contribution in [3.05, 3.63) is 59.4 Å². The fraction of sp³-hybridized carbons (Fsp3) is 0.250. The van der Waals surface area contributed by atoms with Crippen LogP contribution in [-0.2, 0) is 6.42 Å². The van der Waals surface area contributed by atoms with Crippen molar-refractivity contribution in [3.8, 4) is 11.1 Å². The van der Waals surface area contributed by atoms with Gasteiger partial charge in [0.2, 0.25) is 0 Å². The van der Waals surface area contributed by atoms with Gasteiger partial charge in [-0.3, -0.25) is 0 Å². The maximum Gasteiger partial charge on any atom is 0.136 e. The van der Waals surface area contributed by atoms with E-state index in [1.54, 1.807) is 12.1 Å². The predicted octanol–water partition coefficient (Wildman–Crippen LogP) is 3.92. The summed E-state index contributed by atoms with van der Waals surface area (Å²) in [5, 5.41) is 3.12. The van der Waals surface area contributed by atoms with Crippen molar-refractivity contribution in [2.75, 3.05) is 7.05 Å². The van der Waals surface area contributed by atoms with Crippen LogP contribution in [0.1, 0.15) is 12.5 Å². The Kier molecular flexibility index (Phi) is 4.45. The maximum absolute atomic E-state index is 13.7. The molecule has 0 aromatic heterocycles. The molecule has 0 saturated heterocycles. The zero-order valence-electron chi connectivity index (χ0n) is 11.4. The number of hydrogen-bond donors (Lipinski definition) is 1. The first-order chi connectivity index (χ1) is 9.51. The maximum atomic E-state index is 13.7. The lowest BCUT2D eigenvalue weighted by molar-refractivity contribution is 0.548. The van der Waals surface area contributed by atoms with Gasteiger partial charge in [-0.25, -0.2) is 13.2 Å². The zero-order valence-corrected chi connectivity index (χ0v) is 11.4. The summed E-state index contributed by atoms with van der Waals surface area (Å²) in [7, 11) is 1.88. The lowest BCUT2D eigenvalue weighted by atomic mass is 10.0. The Morgan fingerprint density at radius 3 is 2.05 bits per heavy atom. The van der Waals surface area contributed by atoms with Crippen molar-refractivity contribution < 1.29 is 13.2 Å². The van der Waals surface area contributed by atoms with Crippen LogP contribution in [-0.4, -0.2) is 13.1 Å². The average Bonchev–Trinajstić information content (AvgIpc) is 2.39. The highest BCUT2D eigenvalue weighted by atomic mass is 19.1. The zero-order chi connectivity index (χ0) is 14.7.